The number of hydrogen-bond donors (Lipinski definition) is 2. The summed E-state index contributed by atoms with van der Waals surface area (Å²) in [5.74, 6) is -0.768. The number of nitrogens with one attached hydrogen (secondary N) is 1. The molecule has 1 aliphatic rings. The molecule has 3 heterocycles. The Morgan fingerprint density at radius 3 is 2.88 bits per heavy atom. The van der Waals surface area contributed by atoms with E-state index in [0.29, 0.717) is 41.6 Å². The summed E-state index contributed by atoms with van der Waals surface area (Å²) in [4.78, 5) is 31.7. The Morgan fingerprint density at radius 1 is 1.20 bits per heavy atom. The molecule has 3 aromatic rings. The minimum atomic E-state index is -1.01. The van der Waals surface area contributed by atoms with Crippen LogP contribution in [0.2, 0.25) is 0 Å². The second-order valence-electron chi connectivity index (χ2n) is 5.55. The molecule has 1 aliphatic heterocycles. The number of amides is 1. The predicted octanol–water partition coefficient (Wildman–Crippen LogP) is 1.45. The summed E-state index contributed by atoms with van der Waals surface area (Å²) in [6.07, 6.45) is 1.59. The average molecular weight is 335 g/mol. The number of aromatic nitrogens is 4. The molecule has 2 N–H and O–H groups in total. The number of carbonyl (C=O) groups is 2. The molecule has 0 fully saturated rings. The summed E-state index contributed by atoms with van der Waals surface area (Å²) in [6, 6.07) is 9.82. The van der Waals surface area contributed by atoms with E-state index in [1.165, 1.54) is 12.1 Å². The molecule has 0 saturated carbocycles. The van der Waals surface area contributed by atoms with E-state index < -0.39 is 5.97 Å². The Morgan fingerprint density at radius 2 is 2.08 bits per heavy atom. The second kappa shape index (κ2) is 5.82. The number of nitrogens with zero attached hydrogens (tertiary/aromatic N) is 4. The van der Waals surface area contributed by atoms with Gasteiger partial charge in [-0.3, -0.25) is 9.48 Å². The van der Waals surface area contributed by atoms with Crippen LogP contribution >= 0.6 is 0 Å². The van der Waals surface area contributed by atoms with Crippen molar-refractivity contribution in [2.45, 2.75) is 6.54 Å². The Bertz CT molecular complexity index is 995. The number of carboxylic acids is 1. The zero-order valence-electron chi connectivity index (χ0n) is 13.0. The lowest BCUT2D eigenvalue weighted by Crippen LogP contribution is -2.35. The van der Waals surface area contributed by atoms with Gasteiger partial charge in [-0.2, -0.15) is 5.10 Å². The number of hydrogen-bond acceptors (Lipinski definition) is 5. The van der Waals surface area contributed by atoms with Gasteiger partial charge in [0.05, 0.1) is 17.8 Å². The first-order valence-electron chi connectivity index (χ1n) is 7.65. The highest BCUT2D eigenvalue weighted by Crippen LogP contribution is 2.22. The van der Waals surface area contributed by atoms with E-state index in [4.69, 9.17) is 5.11 Å². The van der Waals surface area contributed by atoms with Crippen LogP contribution in [0.3, 0.4) is 0 Å². The molecule has 1 amide bonds. The first-order chi connectivity index (χ1) is 12.1. The predicted molar refractivity (Wildman–Crippen MR) is 88.0 cm³/mol. The first kappa shape index (κ1) is 15.0. The van der Waals surface area contributed by atoms with Gasteiger partial charge in [-0.05, 0) is 24.3 Å². The van der Waals surface area contributed by atoms with Crippen molar-refractivity contribution in [3.63, 3.8) is 0 Å². The molecule has 25 heavy (non-hydrogen) atoms. The van der Waals surface area contributed by atoms with E-state index in [1.807, 2.05) is 0 Å². The normalized spacial score (nSPS) is 13.2. The highest BCUT2D eigenvalue weighted by atomic mass is 16.4. The molecule has 0 radical (unpaired) electrons. The fourth-order valence-electron chi connectivity index (χ4n) is 2.69. The van der Waals surface area contributed by atoms with Gasteiger partial charge in [0.1, 0.15) is 11.4 Å². The SMILES string of the molecule is O=C(O)c1cccc(-c2nccc(-c3cc4n(n3)CCNC4=O)n2)c1. The maximum Gasteiger partial charge on any atom is 0.335 e. The fourth-order valence-corrected chi connectivity index (χ4v) is 2.69. The highest BCUT2D eigenvalue weighted by Gasteiger charge is 2.20. The summed E-state index contributed by atoms with van der Waals surface area (Å²) < 4.78 is 1.65. The molecule has 0 spiro atoms. The van der Waals surface area contributed by atoms with Gasteiger partial charge >= 0.3 is 5.97 Å². The van der Waals surface area contributed by atoms with Crippen LogP contribution in [-0.2, 0) is 6.54 Å². The van der Waals surface area contributed by atoms with Crippen molar-refractivity contribution in [2.75, 3.05) is 6.54 Å². The molecule has 0 unspecified atom stereocenters. The molecular formula is C17H13N5O3. The quantitative estimate of drug-likeness (QED) is 0.749. The topological polar surface area (TPSA) is 110 Å². The van der Waals surface area contributed by atoms with Crippen molar-refractivity contribution in [1.82, 2.24) is 25.1 Å². The van der Waals surface area contributed by atoms with Crippen LogP contribution in [0.1, 0.15) is 20.8 Å². The second-order valence-corrected chi connectivity index (χ2v) is 5.55. The molecule has 124 valence electrons. The highest BCUT2D eigenvalue weighted by molar-refractivity contribution is 5.94. The lowest BCUT2D eigenvalue weighted by Gasteiger charge is -2.13. The lowest BCUT2D eigenvalue weighted by molar-refractivity contribution is 0.0696. The Kier molecular flexibility index (Phi) is 3.50. The van der Waals surface area contributed by atoms with Crippen LogP contribution in [-0.4, -0.2) is 43.3 Å². The van der Waals surface area contributed by atoms with Gasteiger partial charge in [0.15, 0.2) is 5.82 Å². The van der Waals surface area contributed by atoms with Crippen molar-refractivity contribution in [3.05, 3.63) is 53.9 Å². The number of carboxylic acid groups (broad SMARTS) is 1. The zero-order chi connectivity index (χ0) is 17.4. The van der Waals surface area contributed by atoms with Gasteiger partial charge in [0.25, 0.3) is 5.91 Å². The van der Waals surface area contributed by atoms with Crippen LogP contribution in [0.4, 0.5) is 0 Å². The summed E-state index contributed by atoms with van der Waals surface area (Å²) in [6.45, 7) is 1.16. The third-order valence-corrected chi connectivity index (χ3v) is 3.91. The van der Waals surface area contributed by atoms with Crippen LogP contribution in [0.15, 0.2) is 42.6 Å². The van der Waals surface area contributed by atoms with E-state index in [-0.39, 0.29) is 11.5 Å². The molecule has 0 atom stereocenters. The number of benzene rings is 1. The Hall–Kier alpha value is -3.55. The summed E-state index contributed by atoms with van der Waals surface area (Å²) in [5, 5.41) is 16.3. The zero-order valence-corrected chi connectivity index (χ0v) is 13.0. The maximum absolute atomic E-state index is 11.9. The first-order valence-corrected chi connectivity index (χ1v) is 7.65. The summed E-state index contributed by atoms with van der Waals surface area (Å²) >= 11 is 0. The third-order valence-electron chi connectivity index (χ3n) is 3.91. The molecule has 1 aromatic carbocycles. The van der Waals surface area contributed by atoms with Crippen LogP contribution in [0.5, 0.6) is 0 Å². The molecule has 4 rings (SSSR count). The lowest BCUT2D eigenvalue weighted by atomic mass is 10.1. The van der Waals surface area contributed by atoms with Crippen molar-refractivity contribution >= 4 is 11.9 Å². The van der Waals surface area contributed by atoms with Gasteiger partial charge in [0, 0.05) is 18.3 Å². The molecule has 8 nitrogen and oxygen atoms in total. The molecular weight excluding hydrogens is 322 g/mol. The van der Waals surface area contributed by atoms with Gasteiger partial charge in [-0.15, -0.1) is 0 Å². The van der Waals surface area contributed by atoms with Gasteiger partial charge in [-0.1, -0.05) is 12.1 Å². The number of fused-ring (bicyclic) bond motifs is 1. The molecule has 2 aromatic heterocycles. The molecule has 8 heteroatoms. The monoisotopic (exact) mass is 335 g/mol. The van der Waals surface area contributed by atoms with E-state index >= 15 is 0 Å². The molecule has 0 aliphatic carbocycles. The van der Waals surface area contributed by atoms with E-state index in [2.05, 4.69) is 20.4 Å². The standard InChI is InChI=1S/C17H13N5O3/c23-16-14-9-13(21-22(14)7-6-19-16)12-4-5-18-15(20-12)10-2-1-3-11(8-10)17(24)25/h1-5,8-9H,6-7H2,(H,19,23)(H,24,25). The third kappa shape index (κ3) is 2.74. The number of rotatable bonds is 3. The number of aromatic carboxylic acids is 1. The largest absolute Gasteiger partial charge is 0.478 e. The van der Waals surface area contributed by atoms with Crippen LogP contribution in [0, 0.1) is 0 Å². The number of carbonyl (C=O) groups excluding carboxylic acids is 1. The van der Waals surface area contributed by atoms with E-state index in [9.17, 15) is 9.59 Å². The van der Waals surface area contributed by atoms with Gasteiger partial charge < -0.3 is 10.4 Å². The minimum Gasteiger partial charge on any atom is -0.478 e. The van der Waals surface area contributed by atoms with E-state index in [0.717, 1.165) is 0 Å². The summed E-state index contributed by atoms with van der Waals surface area (Å²) in [7, 11) is 0. The Labute approximate surface area is 142 Å². The van der Waals surface area contributed by atoms with Crippen molar-refractivity contribution in [1.29, 1.82) is 0 Å². The van der Waals surface area contributed by atoms with E-state index in [1.54, 1.807) is 35.1 Å². The minimum absolute atomic E-state index is 0.159. The van der Waals surface area contributed by atoms with Gasteiger partial charge in [-0.25, -0.2) is 14.8 Å². The maximum atomic E-state index is 11.9. The van der Waals surface area contributed by atoms with Crippen molar-refractivity contribution < 1.29 is 14.7 Å². The van der Waals surface area contributed by atoms with Crippen LogP contribution in [0.25, 0.3) is 22.8 Å². The van der Waals surface area contributed by atoms with Crippen molar-refractivity contribution in [3.8, 4) is 22.8 Å². The summed E-state index contributed by atoms with van der Waals surface area (Å²) in [5.41, 5.74) is 2.41. The fraction of sp³-hybridized carbons (Fsp3) is 0.118. The van der Waals surface area contributed by atoms with Crippen molar-refractivity contribution in [2.24, 2.45) is 0 Å². The van der Waals surface area contributed by atoms with Gasteiger partial charge in [0.2, 0.25) is 0 Å². The molecule has 0 bridgehead atoms. The van der Waals surface area contributed by atoms with Crippen LogP contribution < -0.4 is 5.32 Å². The smallest absolute Gasteiger partial charge is 0.335 e. The molecule has 0 saturated heterocycles. The average Bonchev–Trinajstić information content (AvgIpc) is 3.08. The Balaban J connectivity index is 1.74.